The number of amides is 1. The molecule has 0 bridgehead atoms. The first kappa shape index (κ1) is 10.8. The maximum atomic E-state index is 10.3. The van der Waals surface area contributed by atoms with Gasteiger partial charge in [0.2, 0.25) is 5.91 Å². The van der Waals surface area contributed by atoms with Crippen molar-refractivity contribution in [2.24, 2.45) is 5.73 Å². The van der Waals surface area contributed by atoms with E-state index in [-0.39, 0.29) is 5.91 Å². The molecular weight excluding hydrogens is 158 g/mol. The highest BCUT2D eigenvalue weighted by molar-refractivity contribution is 7.80. The first-order valence-corrected chi connectivity index (χ1v) is 4.64. The van der Waals surface area contributed by atoms with Gasteiger partial charge in [0.25, 0.3) is 0 Å². The number of rotatable bonds is 6. The van der Waals surface area contributed by atoms with Crippen LogP contribution >= 0.6 is 12.6 Å². The van der Waals surface area contributed by atoms with Crippen molar-refractivity contribution in [1.82, 2.24) is 0 Å². The average Bonchev–Trinajstić information content (AvgIpc) is 1.97. The zero-order valence-corrected chi connectivity index (χ0v) is 7.94. The Hall–Kier alpha value is -0.180. The van der Waals surface area contributed by atoms with Crippen molar-refractivity contribution in [1.29, 1.82) is 0 Å². The van der Waals surface area contributed by atoms with Crippen LogP contribution in [0.4, 0.5) is 0 Å². The lowest BCUT2D eigenvalue weighted by molar-refractivity contribution is -0.118. The van der Waals surface area contributed by atoms with Crippen LogP contribution in [0.5, 0.6) is 0 Å². The quantitative estimate of drug-likeness (QED) is 0.468. The van der Waals surface area contributed by atoms with E-state index < -0.39 is 0 Å². The van der Waals surface area contributed by atoms with Gasteiger partial charge in [0, 0.05) is 11.7 Å². The Labute approximate surface area is 74.0 Å². The second kappa shape index (κ2) is 6.53. The van der Waals surface area contributed by atoms with Gasteiger partial charge in [0.15, 0.2) is 0 Å². The van der Waals surface area contributed by atoms with Crippen LogP contribution in [0.25, 0.3) is 0 Å². The van der Waals surface area contributed by atoms with Gasteiger partial charge in [0.1, 0.15) is 0 Å². The number of hydrogen-bond acceptors (Lipinski definition) is 2. The van der Waals surface area contributed by atoms with Crippen molar-refractivity contribution in [2.75, 3.05) is 0 Å². The molecule has 0 unspecified atom stereocenters. The first-order valence-electron chi connectivity index (χ1n) is 4.13. The fourth-order valence-electron chi connectivity index (χ4n) is 0.883. The Morgan fingerprint density at radius 2 is 2.18 bits per heavy atom. The van der Waals surface area contributed by atoms with Crippen molar-refractivity contribution >= 4 is 18.5 Å². The van der Waals surface area contributed by atoms with Crippen LogP contribution in [-0.2, 0) is 4.79 Å². The number of nitrogens with two attached hydrogens (primary N) is 1. The molecule has 1 amide bonds. The van der Waals surface area contributed by atoms with Gasteiger partial charge in [-0.25, -0.2) is 0 Å². The molecule has 0 aromatic rings. The van der Waals surface area contributed by atoms with Gasteiger partial charge in [-0.1, -0.05) is 13.3 Å². The Kier molecular flexibility index (Phi) is 6.42. The molecular formula is C8H17NOS. The van der Waals surface area contributed by atoms with E-state index in [1.165, 1.54) is 0 Å². The molecule has 0 aliphatic carbocycles. The number of primary amides is 1. The van der Waals surface area contributed by atoms with Crippen molar-refractivity contribution in [3.05, 3.63) is 0 Å². The summed E-state index contributed by atoms with van der Waals surface area (Å²) in [5.41, 5.74) is 4.98. The summed E-state index contributed by atoms with van der Waals surface area (Å²) in [5.74, 6) is -0.197. The molecule has 66 valence electrons. The Bertz CT molecular complexity index is 117. The summed E-state index contributed by atoms with van der Waals surface area (Å²) in [6.45, 7) is 2.12. The van der Waals surface area contributed by atoms with Gasteiger partial charge in [-0.2, -0.15) is 12.6 Å². The largest absolute Gasteiger partial charge is 0.370 e. The van der Waals surface area contributed by atoms with Gasteiger partial charge in [-0.15, -0.1) is 0 Å². The summed E-state index contributed by atoms with van der Waals surface area (Å²) in [6, 6.07) is 0. The summed E-state index contributed by atoms with van der Waals surface area (Å²) >= 11 is 4.34. The van der Waals surface area contributed by atoms with E-state index in [2.05, 4.69) is 19.6 Å². The molecule has 0 rings (SSSR count). The van der Waals surface area contributed by atoms with Gasteiger partial charge in [-0.3, -0.25) is 4.79 Å². The van der Waals surface area contributed by atoms with Gasteiger partial charge in [-0.05, 0) is 19.3 Å². The highest BCUT2D eigenvalue weighted by atomic mass is 32.1. The van der Waals surface area contributed by atoms with Crippen LogP contribution < -0.4 is 5.73 Å². The zero-order valence-electron chi connectivity index (χ0n) is 7.05. The van der Waals surface area contributed by atoms with Crippen LogP contribution in [0.1, 0.15) is 39.0 Å². The molecule has 0 saturated carbocycles. The SMILES string of the molecule is CC[C@H](S)CCCCC(N)=O. The lowest BCUT2D eigenvalue weighted by Crippen LogP contribution is -2.09. The van der Waals surface area contributed by atoms with Crippen LogP contribution in [-0.4, -0.2) is 11.2 Å². The number of hydrogen-bond donors (Lipinski definition) is 2. The zero-order chi connectivity index (χ0) is 8.69. The molecule has 0 heterocycles. The predicted octanol–water partition coefficient (Wildman–Crippen LogP) is 1.74. The molecule has 2 N–H and O–H groups in total. The standard InChI is InChI=1S/C8H17NOS/c1-2-7(11)5-3-4-6-8(9)10/h7,11H,2-6H2,1H3,(H2,9,10)/t7-/m0/s1. The molecule has 3 heteroatoms. The average molecular weight is 175 g/mol. The third kappa shape index (κ3) is 7.72. The fraction of sp³-hybridized carbons (Fsp3) is 0.875. The molecule has 0 radical (unpaired) electrons. The minimum atomic E-state index is -0.197. The van der Waals surface area contributed by atoms with E-state index in [1.807, 2.05) is 0 Å². The monoisotopic (exact) mass is 175 g/mol. The van der Waals surface area contributed by atoms with E-state index >= 15 is 0 Å². The second-order valence-corrected chi connectivity index (χ2v) is 3.50. The maximum absolute atomic E-state index is 10.3. The minimum absolute atomic E-state index is 0.197. The highest BCUT2D eigenvalue weighted by Gasteiger charge is 1.99. The molecule has 0 fully saturated rings. The Morgan fingerprint density at radius 3 is 2.64 bits per heavy atom. The normalized spacial score (nSPS) is 12.9. The van der Waals surface area contributed by atoms with Crippen LogP contribution in [0.2, 0.25) is 0 Å². The van der Waals surface area contributed by atoms with Crippen molar-refractivity contribution in [2.45, 2.75) is 44.3 Å². The molecule has 0 aromatic heterocycles. The van der Waals surface area contributed by atoms with Gasteiger partial charge in [0.05, 0.1) is 0 Å². The van der Waals surface area contributed by atoms with E-state index in [0.29, 0.717) is 11.7 Å². The van der Waals surface area contributed by atoms with Crippen LogP contribution in [0.15, 0.2) is 0 Å². The lowest BCUT2D eigenvalue weighted by Gasteiger charge is -2.05. The smallest absolute Gasteiger partial charge is 0.217 e. The highest BCUT2D eigenvalue weighted by Crippen LogP contribution is 2.10. The number of carbonyl (C=O) groups is 1. The van der Waals surface area contributed by atoms with Gasteiger partial charge < -0.3 is 5.73 Å². The predicted molar refractivity (Wildman–Crippen MR) is 50.7 cm³/mol. The molecule has 0 spiro atoms. The Morgan fingerprint density at radius 1 is 1.55 bits per heavy atom. The number of thiol groups is 1. The van der Waals surface area contributed by atoms with Crippen LogP contribution in [0, 0.1) is 0 Å². The molecule has 0 saturated heterocycles. The summed E-state index contributed by atoms with van der Waals surface area (Å²) < 4.78 is 0. The Balaban J connectivity index is 3.08. The molecule has 2 nitrogen and oxygen atoms in total. The molecule has 1 atom stereocenters. The first-order chi connectivity index (χ1) is 5.16. The van der Waals surface area contributed by atoms with E-state index in [4.69, 9.17) is 5.73 Å². The van der Waals surface area contributed by atoms with Crippen molar-refractivity contribution in [3.8, 4) is 0 Å². The van der Waals surface area contributed by atoms with Gasteiger partial charge >= 0.3 is 0 Å². The maximum Gasteiger partial charge on any atom is 0.217 e. The lowest BCUT2D eigenvalue weighted by atomic mass is 10.1. The van der Waals surface area contributed by atoms with Crippen molar-refractivity contribution < 1.29 is 4.79 Å². The third-order valence-corrected chi connectivity index (χ3v) is 2.31. The third-order valence-electron chi connectivity index (χ3n) is 1.68. The molecule has 11 heavy (non-hydrogen) atoms. The molecule has 0 aliphatic rings. The summed E-state index contributed by atoms with van der Waals surface area (Å²) in [4.78, 5) is 10.3. The number of carbonyl (C=O) groups excluding carboxylic acids is 1. The van der Waals surface area contributed by atoms with E-state index in [0.717, 1.165) is 25.7 Å². The second-order valence-electron chi connectivity index (χ2n) is 2.77. The molecule has 0 aliphatic heterocycles. The molecule has 0 aromatic carbocycles. The van der Waals surface area contributed by atoms with Crippen LogP contribution in [0.3, 0.4) is 0 Å². The van der Waals surface area contributed by atoms with E-state index in [1.54, 1.807) is 0 Å². The van der Waals surface area contributed by atoms with E-state index in [9.17, 15) is 4.79 Å². The topological polar surface area (TPSA) is 43.1 Å². The summed E-state index contributed by atoms with van der Waals surface area (Å²) in [7, 11) is 0. The fourth-order valence-corrected chi connectivity index (χ4v) is 1.07. The number of unbranched alkanes of at least 4 members (excludes halogenated alkanes) is 1. The van der Waals surface area contributed by atoms with Crippen molar-refractivity contribution in [3.63, 3.8) is 0 Å². The summed E-state index contributed by atoms with van der Waals surface area (Å²) in [5, 5.41) is 0.489. The minimum Gasteiger partial charge on any atom is -0.370 e. The summed E-state index contributed by atoms with van der Waals surface area (Å²) in [6.07, 6.45) is 4.67.